The topological polar surface area (TPSA) is 44.8 Å². The van der Waals surface area contributed by atoms with E-state index in [0.29, 0.717) is 6.54 Å². The lowest BCUT2D eigenvalue weighted by Crippen LogP contribution is -2.56. The molecule has 5 nitrogen and oxygen atoms in total. The van der Waals surface area contributed by atoms with Crippen molar-refractivity contribution in [3.8, 4) is 0 Å². The number of likely N-dealkylation sites (N-methyl/N-ethyl adjacent to an activating group) is 2. The van der Waals surface area contributed by atoms with Gasteiger partial charge in [-0.25, -0.2) is 0 Å². The van der Waals surface area contributed by atoms with Crippen LogP contribution in [0.4, 0.5) is 0 Å². The summed E-state index contributed by atoms with van der Waals surface area (Å²) in [7, 11) is 7.35. The van der Waals surface area contributed by atoms with E-state index in [4.69, 9.17) is 4.74 Å². The molecular weight excluding hydrogens is 230 g/mol. The van der Waals surface area contributed by atoms with Gasteiger partial charge < -0.3 is 15.0 Å². The standard InChI is InChI=1S/C13H29N3O2/c1-7-8-16(10-9-15(4)5)11-13(2,14-3)12(17)18-6/h14H,7-11H2,1-6H3. The lowest BCUT2D eigenvalue weighted by molar-refractivity contribution is -0.148. The summed E-state index contributed by atoms with van der Waals surface area (Å²) < 4.78 is 4.87. The number of nitrogens with zero attached hydrogens (tertiary/aromatic N) is 2. The first kappa shape index (κ1) is 17.4. The Morgan fingerprint density at radius 1 is 1.28 bits per heavy atom. The molecule has 18 heavy (non-hydrogen) atoms. The summed E-state index contributed by atoms with van der Waals surface area (Å²) in [4.78, 5) is 16.3. The lowest BCUT2D eigenvalue weighted by atomic mass is 10.0. The van der Waals surface area contributed by atoms with Crippen LogP contribution < -0.4 is 5.32 Å². The van der Waals surface area contributed by atoms with E-state index in [1.54, 1.807) is 7.05 Å². The summed E-state index contributed by atoms with van der Waals surface area (Å²) in [5.41, 5.74) is -0.643. The summed E-state index contributed by atoms with van der Waals surface area (Å²) in [6.45, 7) is 7.63. The van der Waals surface area contributed by atoms with Crippen LogP contribution in [0, 0.1) is 0 Å². The molecule has 1 N–H and O–H groups in total. The first-order chi connectivity index (χ1) is 8.39. The molecule has 0 aromatic heterocycles. The number of carbonyl (C=O) groups is 1. The van der Waals surface area contributed by atoms with Crippen molar-refractivity contribution in [2.45, 2.75) is 25.8 Å². The molecule has 0 spiro atoms. The third-order valence-electron chi connectivity index (χ3n) is 3.13. The molecule has 0 aromatic carbocycles. The Hall–Kier alpha value is -0.650. The molecule has 1 unspecified atom stereocenters. The normalized spacial score (nSPS) is 14.9. The van der Waals surface area contributed by atoms with Gasteiger partial charge in [0.15, 0.2) is 0 Å². The molecule has 0 rings (SSSR count). The molecule has 0 amide bonds. The van der Waals surface area contributed by atoms with Gasteiger partial charge in [0.2, 0.25) is 0 Å². The van der Waals surface area contributed by atoms with Crippen LogP contribution >= 0.6 is 0 Å². The highest BCUT2D eigenvalue weighted by Gasteiger charge is 2.34. The first-order valence-electron chi connectivity index (χ1n) is 6.54. The maximum atomic E-state index is 11.8. The number of esters is 1. The summed E-state index contributed by atoms with van der Waals surface area (Å²) >= 11 is 0. The van der Waals surface area contributed by atoms with Crippen molar-refractivity contribution in [2.24, 2.45) is 0 Å². The third kappa shape index (κ3) is 5.80. The highest BCUT2D eigenvalue weighted by Crippen LogP contribution is 2.09. The van der Waals surface area contributed by atoms with Crippen LogP contribution in [-0.4, -0.2) is 75.7 Å². The number of methoxy groups -OCH3 is 1. The van der Waals surface area contributed by atoms with E-state index in [9.17, 15) is 4.79 Å². The Balaban J connectivity index is 4.56. The van der Waals surface area contributed by atoms with E-state index in [1.807, 2.05) is 6.92 Å². The monoisotopic (exact) mass is 259 g/mol. The SMILES string of the molecule is CCCN(CCN(C)C)CC(C)(NC)C(=O)OC. The van der Waals surface area contributed by atoms with Crippen LogP contribution in [0.2, 0.25) is 0 Å². The second-order valence-corrected chi connectivity index (χ2v) is 5.15. The van der Waals surface area contributed by atoms with Crippen molar-refractivity contribution in [1.29, 1.82) is 0 Å². The number of ether oxygens (including phenoxy) is 1. The van der Waals surface area contributed by atoms with Gasteiger partial charge in [-0.3, -0.25) is 9.69 Å². The molecule has 0 aliphatic heterocycles. The van der Waals surface area contributed by atoms with Crippen LogP contribution in [0.3, 0.4) is 0 Å². The molecule has 0 bridgehead atoms. The van der Waals surface area contributed by atoms with E-state index >= 15 is 0 Å². The van der Waals surface area contributed by atoms with E-state index in [-0.39, 0.29) is 5.97 Å². The van der Waals surface area contributed by atoms with Crippen LogP contribution in [0.15, 0.2) is 0 Å². The lowest BCUT2D eigenvalue weighted by Gasteiger charge is -2.33. The zero-order valence-electron chi connectivity index (χ0n) is 12.7. The average molecular weight is 259 g/mol. The number of hydrogen-bond donors (Lipinski definition) is 1. The molecule has 0 saturated heterocycles. The molecule has 1 atom stereocenters. The van der Waals surface area contributed by atoms with Gasteiger partial charge in [-0.1, -0.05) is 6.92 Å². The molecule has 5 heteroatoms. The van der Waals surface area contributed by atoms with Gasteiger partial charge in [0.25, 0.3) is 0 Å². The molecule has 108 valence electrons. The summed E-state index contributed by atoms with van der Waals surface area (Å²) in [5, 5.41) is 3.08. The zero-order chi connectivity index (χ0) is 14.2. The molecule has 0 radical (unpaired) electrons. The minimum atomic E-state index is -0.643. The number of rotatable bonds is 9. The fraction of sp³-hybridized carbons (Fsp3) is 0.923. The Bertz CT molecular complexity index is 246. The summed E-state index contributed by atoms with van der Waals surface area (Å²) in [6.07, 6.45) is 1.08. The largest absolute Gasteiger partial charge is 0.468 e. The van der Waals surface area contributed by atoms with Gasteiger partial charge in [-0.05, 0) is 41.0 Å². The van der Waals surface area contributed by atoms with Gasteiger partial charge in [0, 0.05) is 19.6 Å². The third-order valence-corrected chi connectivity index (χ3v) is 3.13. The van der Waals surface area contributed by atoms with E-state index in [2.05, 4.69) is 36.1 Å². The van der Waals surface area contributed by atoms with Crippen LogP contribution in [0.5, 0.6) is 0 Å². The summed E-state index contributed by atoms with van der Waals surface area (Å²) in [5.74, 6) is -0.212. The molecule has 0 saturated carbocycles. The van der Waals surface area contributed by atoms with Crippen LogP contribution in [-0.2, 0) is 9.53 Å². The van der Waals surface area contributed by atoms with Crippen molar-refractivity contribution in [3.05, 3.63) is 0 Å². The van der Waals surface area contributed by atoms with E-state index in [0.717, 1.165) is 26.1 Å². The van der Waals surface area contributed by atoms with Crippen molar-refractivity contribution in [3.63, 3.8) is 0 Å². The Labute approximate surface area is 111 Å². The van der Waals surface area contributed by atoms with Crippen molar-refractivity contribution in [2.75, 3.05) is 54.4 Å². The van der Waals surface area contributed by atoms with Gasteiger partial charge in [0.1, 0.15) is 5.54 Å². The quantitative estimate of drug-likeness (QED) is 0.608. The van der Waals surface area contributed by atoms with Crippen LogP contribution in [0.25, 0.3) is 0 Å². The number of nitrogens with one attached hydrogen (secondary N) is 1. The predicted octanol–water partition coefficient (Wildman–Crippen LogP) is 0.411. The Morgan fingerprint density at radius 2 is 1.89 bits per heavy atom. The Kier molecular flexibility index (Phi) is 8.15. The number of hydrogen-bond acceptors (Lipinski definition) is 5. The smallest absolute Gasteiger partial charge is 0.327 e. The van der Waals surface area contributed by atoms with E-state index in [1.165, 1.54) is 7.11 Å². The zero-order valence-corrected chi connectivity index (χ0v) is 12.7. The second-order valence-electron chi connectivity index (χ2n) is 5.15. The summed E-state index contributed by atoms with van der Waals surface area (Å²) in [6, 6.07) is 0. The maximum Gasteiger partial charge on any atom is 0.327 e. The van der Waals surface area contributed by atoms with E-state index < -0.39 is 5.54 Å². The molecule has 0 fully saturated rings. The highest BCUT2D eigenvalue weighted by atomic mass is 16.5. The van der Waals surface area contributed by atoms with Crippen LogP contribution in [0.1, 0.15) is 20.3 Å². The fourth-order valence-electron chi connectivity index (χ4n) is 1.85. The van der Waals surface area contributed by atoms with Gasteiger partial charge in [-0.15, -0.1) is 0 Å². The fourth-order valence-corrected chi connectivity index (χ4v) is 1.85. The van der Waals surface area contributed by atoms with Crippen molar-refractivity contribution in [1.82, 2.24) is 15.1 Å². The predicted molar refractivity (Wildman–Crippen MR) is 74.8 cm³/mol. The first-order valence-corrected chi connectivity index (χ1v) is 6.54. The van der Waals surface area contributed by atoms with Gasteiger partial charge >= 0.3 is 5.97 Å². The minimum absolute atomic E-state index is 0.212. The maximum absolute atomic E-state index is 11.8. The van der Waals surface area contributed by atoms with Crippen molar-refractivity contribution < 1.29 is 9.53 Å². The molecule has 0 aromatic rings. The number of carbonyl (C=O) groups excluding carboxylic acids is 1. The molecule has 0 aliphatic rings. The average Bonchev–Trinajstić information content (AvgIpc) is 2.34. The molecule has 0 heterocycles. The van der Waals surface area contributed by atoms with Crippen molar-refractivity contribution >= 4 is 5.97 Å². The van der Waals surface area contributed by atoms with Gasteiger partial charge in [-0.2, -0.15) is 0 Å². The molecular formula is C13H29N3O2. The second kappa shape index (κ2) is 8.45. The molecule has 0 aliphatic carbocycles. The Morgan fingerprint density at radius 3 is 2.28 bits per heavy atom. The minimum Gasteiger partial charge on any atom is -0.468 e. The highest BCUT2D eigenvalue weighted by molar-refractivity contribution is 5.80. The van der Waals surface area contributed by atoms with Gasteiger partial charge in [0.05, 0.1) is 7.11 Å².